The molecule has 3 rings (SSSR count). The van der Waals surface area contributed by atoms with Crippen LogP contribution in [0.25, 0.3) is 11.2 Å². The maximum atomic E-state index is 12.3. The molecule has 7 nitrogen and oxygen atoms in total. The number of ether oxygens (including phenoxy) is 1. The Labute approximate surface area is 158 Å². The average Bonchev–Trinajstić information content (AvgIpc) is 3.10. The van der Waals surface area contributed by atoms with Gasteiger partial charge >= 0.3 is 0 Å². The third kappa shape index (κ3) is 4.83. The molecule has 0 saturated carbocycles. The number of hydrogen-bond acceptors (Lipinski definition) is 5. The van der Waals surface area contributed by atoms with Crippen molar-refractivity contribution in [3.63, 3.8) is 0 Å². The number of imidazole rings is 1. The fourth-order valence-corrected chi connectivity index (χ4v) is 2.97. The van der Waals surface area contributed by atoms with Crippen LogP contribution in [-0.4, -0.2) is 53.5 Å². The van der Waals surface area contributed by atoms with Crippen LogP contribution in [0.1, 0.15) is 23.9 Å². The topological polar surface area (TPSA) is 83.1 Å². The lowest BCUT2D eigenvalue weighted by Gasteiger charge is -2.25. The summed E-state index contributed by atoms with van der Waals surface area (Å²) in [6.45, 7) is 0.542. The second-order valence-electron chi connectivity index (χ2n) is 6.61. The third-order valence-electron chi connectivity index (χ3n) is 4.51. The lowest BCUT2D eigenvalue weighted by atomic mass is 10.1. The summed E-state index contributed by atoms with van der Waals surface area (Å²) in [6, 6.07) is 11.8. The number of methoxy groups -OCH3 is 1. The smallest absolute Gasteiger partial charge is 0.220 e. The van der Waals surface area contributed by atoms with Gasteiger partial charge in [-0.05, 0) is 43.9 Å². The second-order valence-corrected chi connectivity index (χ2v) is 6.61. The van der Waals surface area contributed by atoms with Gasteiger partial charge in [0.15, 0.2) is 5.65 Å². The number of benzene rings is 1. The standard InChI is InChI=1S/C20H25N5O2/c1-25(2)17(14-6-8-15(27-3)9-7-14)13-22-19(26)11-10-18-23-16-5-4-12-21-20(16)24-18/h4-9,12,17H,10-11,13H2,1-3H3,(H,22,26)(H,21,23,24)/t17-/m0/s1. The van der Waals surface area contributed by atoms with Crippen LogP contribution in [0.2, 0.25) is 0 Å². The minimum absolute atomic E-state index is 0.00350. The number of hydrogen-bond donors (Lipinski definition) is 2. The fraction of sp³-hybridized carbons (Fsp3) is 0.350. The van der Waals surface area contributed by atoms with Gasteiger partial charge in [-0.1, -0.05) is 12.1 Å². The predicted octanol–water partition coefficient (Wildman–Crippen LogP) is 2.32. The molecule has 0 aliphatic carbocycles. The van der Waals surface area contributed by atoms with Gasteiger partial charge in [0.2, 0.25) is 5.91 Å². The Kier molecular flexibility index (Phi) is 6.03. The number of H-pyrrole nitrogens is 1. The van der Waals surface area contributed by atoms with Crippen molar-refractivity contribution in [2.45, 2.75) is 18.9 Å². The molecule has 1 aromatic carbocycles. The molecule has 2 N–H and O–H groups in total. The van der Waals surface area contributed by atoms with E-state index in [-0.39, 0.29) is 11.9 Å². The molecule has 0 spiro atoms. The summed E-state index contributed by atoms with van der Waals surface area (Å²) in [4.78, 5) is 26.2. The van der Waals surface area contributed by atoms with Crippen molar-refractivity contribution < 1.29 is 9.53 Å². The zero-order chi connectivity index (χ0) is 19.2. The molecule has 2 heterocycles. The van der Waals surface area contributed by atoms with E-state index >= 15 is 0 Å². The highest BCUT2D eigenvalue weighted by molar-refractivity contribution is 5.76. The van der Waals surface area contributed by atoms with Gasteiger partial charge in [-0.15, -0.1) is 0 Å². The maximum absolute atomic E-state index is 12.3. The molecule has 2 aromatic heterocycles. The van der Waals surface area contributed by atoms with Crippen LogP contribution >= 0.6 is 0 Å². The Morgan fingerprint density at radius 2 is 2.04 bits per heavy atom. The summed E-state index contributed by atoms with van der Waals surface area (Å²) in [6.07, 6.45) is 2.64. The predicted molar refractivity (Wildman–Crippen MR) is 105 cm³/mol. The average molecular weight is 367 g/mol. The van der Waals surface area contributed by atoms with Crippen LogP contribution in [0.15, 0.2) is 42.6 Å². The molecular weight excluding hydrogens is 342 g/mol. The summed E-state index contributed by atoms with van der Waals surface area (Å²) in [7, 11) is 5.65. The molecule has 0 aliphatic heterocycles. The fourth-order valence-electron chi connectivity index (χ4n) is 2.97. The molecule has 0 fully saturated rings. The number of pyridine rings is 1. The van der Waals surface area contributed by atoms with E-state index in [1.54, 1.807) is 13.3 Å². The van der Waals surface area contributed by atoms with Gasteiger partial charge < -0.3 is 19.9 Å². The normalized spacial score (nSPS) is 12.3. The molecule has 142 valence electrons. The van der Waals surface area contributed by atoms with Crippen LogP contribution in [0.5, 0.6) is 5.75 Å². The summed E-state index contributed by atoms with van der Waals surface area (Å²) >= 11 is 0. The van der Waals surface area contributed by atoms with Gasteiger partial charge in [0.25, 0.3) is 0 Å². The highest BCUT2D eigenvalue weighted by atomic mass is 16.5. The summed E-state index contributed by atoms with van der Waals surface area (Å²) < 4.78 is 5.21. The first-order valence-electron chi connectivity index (χ1n) is 8.93. The molecule has 7 heteroatoms. The van der Waals surface area contributed by atoms with Gasteiger partial charge in [-0.3, -0.25) is 4.79 Å². The van der Waals surface area contributed by atoms with Crippen molar-refractivity contribution in [3.8, 4) is 5.75 Å². The number of carbonyl (C=O) groups excluding carboxylic acids is 1. The number of nitrogens with one attached hydrogen (secondary N) is 2. The first kappa shape index (κ1) is 18.8. The van der Waals surface area contributed by atoms with Gasteiger partial charge in [-0.2, -0.15) is 0 Å². The number of carbonyl (C=O) groups is 1. The Bertz CT molecular complexity index is 856. The number of fused-ring (bicyclic) bond motifs is 1. The summed E-state index contributed by atoms with van der Waals surface area (Å²) in [5.41, 5.74) is 2.70. The maximum Gasteiger partial charge on any atom is 0.220 e. The van der Waals surface area contributed by atoms with Crippen LogP contribution in [0.3, 0.4) is 0 Å². The number of aromatic nitrogens is 3. The molecule has 0 radical (unpaired) electrons. The number of aryl methyl sites for hydroxylation is 1. The van der Waals surface area contributed by atoms with Crippen molar-refractivity contribution in [1.82, 2.24) is 25.2 Å². The van der Waals surface area contributed by atoms with E-state index in [1.165, 1.54) is 0 Å². The summed E-state index contributed by atoms with van der Waals surface area (Å²) in [5.74, 6) is 1.60. The van der Waals surface area contributed by atoms with Crippen LogP contribution in [0.4, 0.5) is 0 Å². The molecule has 0 bridgehead atoms. The SMILES string of the molecule is COc1ccc([C@H](CNC(=O)CCc2nc3ncccc3[nH]2)N(C)C)cc1. The third-order valence-corrected chi connectivity index (χ3v) is 4.51. The largest absolute Gasteiger partial charge is 0.497 e. The molecule has 1 amide bonds. The van der Waals surface area contributed by atoms with E-state index in [4.69, 9.17) is 4.74 Å². The Hall–Kier alpha value is -2.93. The second kappa shape index (κ2) is 8.64. The van der Waals surface area contributed by atoms with Crippen molar-refractivity contribution >= 4 is 17.1 Å². The Morgan fingerprint density at radius 1 is 1.26 bits per heavy atom. The van der Waals surface area contributed by atoms with Crippen LogP contribution < -0.4 is 10.1 Å². The van der Waals surface area contributed by atoms with Crippen LogP contribution in [0, 0.1) is 0 Å². The number of amides is 1. The molecule has 3 aromatic rings. The van der Waals surface area contributed by atoms with E-state index in [9.17, 15) is 4.79 Å². The zero-order valence-electron chi connectivity index (χ0n) is 15.9. The minimum Gasteiger partial charge on any atom is -0.497 e. The highest BCUT2D eigenvalue weighted by Crippen LogP contribution is 2.20. The Morgan fingerprint density at radius 3 is 2.70 bits per heavy atom. The Balaban J connectivity index is 1.54. The highest BCUT2D eigenvalue weighted by Gasteiger charge is 2.16. The molecule has 0 unspecified atom stereocenters. The van der Waals surface area contributed by atoms with E-state index in [0.29, 0.717) is 25.0 Å². The van der Waals surface area contributed by atoms with E-state index in [2.05, 4.69) is 25.2 Å². The van der Waals surface area contributed by atoms with Crippen molar-refractivity contribution in [3.05, 3.63) is 54.0 Å². The van der Waals surface area contributed by atoms with Crippen molar-refractivity contribution in [2.75, 3.05) is 27.7 Å². The van der Waals surface area contributed by atoms with Crippen LogP contribution in [-0.2, 0) is 11.2 Å². The van der Waals surface area contributed by atoms with E-state index in [1.807, 2.05) is 50.5 Å². The van der Waals surface area contributed by atoms with Gasteiger partial charge in [0.1, 0.15) is 11.6 Å². The van der Waals surface area contributed by atoms with Gasteiger partial charge in [0.05, 0.1) is 18.7 Å². The quantitative estimate of drug-likeness (QED) is 0.638. The van der Waals surface area contributed by atoms with Crippen molar-refractivity contribution in [2.24, 2.45) is 0 Å². The lowest BCUT2D eigenvalue weighted by Crippen LogP contribution is -2.34. The number of likely N-dealkylation sites (N-methyl/N-ethyl adjacent to an activating group) is 1. The first-order chi connectivity index (χ1) is 13.1. The number of aromatic amines is 1. The van der Waals surface area contributed by atoms with Gasteiger partial charge in [0, 0.05) is 25.6 Å². The number of nitrogens with zero attached hydrogens (tertiary/aromatic N) is 3. The molecule has 27 heavy (non-hydrogen) atoms. The first-order valence-corrected chi connectivity index (χ1v) is 8.93. The molecule has 1 atom stereocenters. The van der Waals surface area contributed by atoms with E-state index in [0.717, 1.165) is 22.7 Å². The van der Waals surface area contributed by atoms with Crippen molar-refractivity contribution in [1.29, 1.82) is 0 Å². The molecule has 0 aliphatic rings. The summed E-state index contributed by atoms with van der Waals surface area (Å²) in [5, 5.41) is 3.03. The molecular formula is C20H25N5O2. The number of rotatable bonds is 8. The molecule has 0 saturated heterocycles. The monoisotopic (exact) mass is 367 g/mol. The van der Waals surface area contributed by atoms with Gasteiger partial charge in [-0.25, -0.2) is 9.97 Å². The zero-order valence-corrected chi connectivity index (χ0v) is 15.9. The van der Waals surface area contributed by atoms with E-state index < -0.39 is 0 Å². The lowest BCUT2D eigenvalue weighted by molar-refractivity contribution is -0.121. The minimum atomic E-state index is 0.00350.